The number of halogens is 1. The molecule has 0 radical (unpaired) electrons. The molecule has 0 atom stereocenters. The maximum Gasteiger partial charge on any atom is 0.210 e. The highest BCUT2D eigenvalue weighted by Crippen LogP contribution is 2.38. The number of para-hydroxylation sites is 1. The van der Waals surface area contributed by atoms with Gasteiger partial charge in [-0.05, 0) is 48.4 Å². The number of hydrogen-bond donors (Lipinski definition) is 0. The fraction of sp³-hybridized carbons (Fsp3) is 0.192. The topological polar surface area (TPSA) is 37.3 Å². The van der Waals surface area contributed by atoms with Crippen molar-refractivity contribution in [2.75, 3.05) is 32.2 Å². The first-order chi connectivity index (χ1) is 15.7. The fourth-order valence-electron chi connectivity index (χ4n) is 4.24. The molecule has 2 aliphatic heterocycles. The van der Waals surface area contributed by atoms with Gasteiger partial charge in [0.05, 0.1) is 19.9 Å². The van der Waals surface area contributed by atoms with Crippen molar-refractivity contribution in [2.24, 2.45) is 4.99 Å². The summed E-state index contributed by atoms with van der Waals surface area (Å²) >= 11 is 6.20. The average Bonchev–Trinajstić information content (AvgIpc) is 3.23. The predicted octanol–water partition coefficient (Wildman–Crippen LogP) is 5.90. The third kappa shape index (κ3) is 3.59. The molecule has 32 heavy (non-hydrogen) atoms. The average molecular weight is 446 g/mol. The highest BCUT2D eigenvalue weighted by atomic mass is 35.5. The molecular weight excluding hydrogens is 422 g/mol. The maximum absolute atomic E-state index is 6.20. The molecule has 0 bridgehead atoms. The lowest BCUT2D eigenvalue weighted by Gasteiger charge is -2.29. The van der Waals surface area contributed by atoms with Gasteiger partial charge < -0.3 is 14.4 Å². The van der Waals surface area contributed by atoms with E-state index in [2.05, 4.69) is 46.3 Å². The first-order valence-corrected chi connectivity index (χ1v) is 11.0. The summed E-state index contributed by atoms with van der Waals surface area (Å²) in [6.07, 6.45) is 3.14. The second-order valence-corrected chi connectivity index (χ2v) is 8.10. The molecule has 0 aromatic heterocycles. The van der Waals surface area contributed by atoms with Crippen molar-refractivity contribution in [3.8, 4) is 22.6 Å². The Hall–Kier alpha value is -3.44. The first-order valence-electron chi connectivity index (χ1n) is 10.6. The Morgan fingerprint density at radius 2 is 1.66 bits per heavy atom. The normalized spacial score (nSPS) is 15.2. The summed E-state index contributed by atoms with van der Waals surface area (Å²) in [5.74, 6) is 2.55. The zero-order valence-corrected chi connectivity index (χ0v) is 18.8. The van der Waals surface area contributed by atoms with Crippen molar-refractivity contribution < 1.29 is 9.47 Å². The number of rotatable bonds is 5. The number of ether oxygens (including phenoxy) is 2. The smallest absolute Gasteiger partial charge is 0.210 e. The van der Waals surface area contributed by atoms with E-state index in [1.807, 2.05) is 36.4 Å². The minimum Gasteiger partial charge on any atom is -0.496 e. The zero-order chi connectivity index (χ0) is 22.1. The van der Waals surface area contributed by atoms with E-state index in [9.17, 15) is 0 Å². The van der Waals surface area contributed by atoms with Crippen LogP contribution in [0.3, 0.4) is 0 Å². The van der Waals surface area contributed by atoms with Gasteiger partial charge >= 0.3 is 0 Å². The number of guanidine groups is 1. The molecule has 0 fully saturated rings. The Balaban J connectivity index is 1.53. The molecule has 3 aromatic carbocycles. The van der Waals surface area contributed by atoms with Gasteiger partial charge in [-0.3, -0.25) is 9.89 Å². The quantitative estimate of drug-likeness (QED) is 0.489. The molecule has 2 heterocycles. The number of aliphatic imine (C=N–C) groups is 1. The van der Waals surface area contributed by atoms with E-state index in [1.165, 1.54) is 0 Å². The van der Waals surface area contributed by atoms with Gasteiger partial charge in [0.15, 0.2) is 0 Å². The van der Waals surface area contributed by atoms with E-state index in [-0.39, 0.29) is 0 Å². The van der Waals surface area contributed by atoms with Gasteiger partial charge in [0.25, 0.3) is 0 Å². The van der Waals surface area contributed by atoms with Crippen LogP contribution in [0.4, 0.5) is 5.69 Å². The van der Waals surface area contributed by atoms with E-state index < -0.39 is 0 Å². The van der Waals surface area contributed by atoms with Gasteiger partial charge in [-0.15, -0.1) is 0 Å². The highest BCUT2D eigenvalue weighted by molar-refractivity contribution is 6.30. The van der Waals surface area contributed by atoms with Crippen molar-refractivity contribution in [1.29, 1.82) is 0 Å². The number of benzene rings is 3. The molecular formula is C26H24ClN3O2. The van der Waals surface area contributed by atoms with Crippen LogP contribution in [0, 0.1) is 0 Å². The monoisotopic (exact) mass is 445 g/mol. The van der Waals surface area contributed by atoms with E-state index in [0.717, 1.165) is 65.0 Å². The molecule has 0 saturated carbocycles. The van der Waals surface area contributed by atoms with Crippen molar-refractivity contribution >= 4 is 28.9 Å². The predicted molar refractivity (Wildman–Crippen MR) is 131 cm³/mol. The number of anilines is 1. The molecule has 0 aliphatic carbocycles. The van der Waals surface area contributed by atoms with Gasteiger partial charge in [-0.2, -0.15) is 0 Å². The van der Waals surface area contributed by atoms with Crippen LogP contribution in [0.2, 0.25) is 5.02 Å². The zero-order valence-electron chi connectivity index (χ0n) is 18.1. The molecule has 0 spiro atoms. The molecule has 0 saturated heterocycles. The minimum atomic E-state index is 0.653. The van der Waals surface area contributed by atoms with Gasteiger partial charge in [0, 0.05) is 41.1 Å². The summed E-state index contributed by atoms with van der Waals surface area (Å²) in [5, 5.41) is 0.653. The van der Waals surface area contributed by atoms with E-state index in [0.29, 0.717) is 5.02 Å². The van der Waals surface area contributed by atoms with E-state index in [4.69, 9.17) is 26.1 Å². The molecule has 2 aliphatic rings. The molecule has 5 nitrogen and oxygen atoms in total. The summed E-state index contributed by atoms with van der Waals surface area (Å²) < 4.78 is 11.2. The van der Waals surface area contributed by atoms with Crippen LogP contribution in [-0.2, 0) is 0 Å². The molecule has 6 heteroatoms. The SMILES string of the molecule is COc1cc(Cl)ccc1C1=CN(c2ccc(-c3ccccc3OC)cc2)C2=NCCCN12. The number of methoxy groups -OCH3 is 2. The lowest BCUT2D eigenvalue weighted by Crippen LogP contribution is -2.38. The number of hydrogen-bond acceptors (Lipinski definition) is 5. The molecule has 162 valence electrons. The molecule has 0 N–H and O–H groups in total. The Kier molecular flexibility index (Phi) is 5.50. The van der Waals surface area contributed by atoms with Crippen LogP contribution < -0.4 is 14.4 Å². The van der Waals surface area contributed by atoms with Crippen LogP contribution in [0.5, 0.6) is 11.5 Å². The third-order valence-electron chi connectivity index (χ3n) is 5.80. The summed E-state index contributed by atoms with van der Waals surface area (Å²) in [5.41, 5.74) is 5.29. The van der Waals surface area contributed by atoms with Gasteiger partial charge in [-0.25, -0.2) is 0 Å². The Morgan fingerprint density at radius 1 is 0.875 bits per heavy atom. The highest BCUT2D eigenvalue weighted by Gasteiger charge is 2.33. The molecule has 3 aromatic rings. The van der Waals surface area contributed by atoms with Crippen LogP contribution in [-0.4, -0.2) is 38.2 Å². The van der Waals surface area contributed by atoms with Gasteiger partial charge in [0.2, 0.25) is 5.96 Å². The van der Waals surface area contributed by atoms with Gasteiger partial charge in [-0.1, -0.05) is 41.9 Å². The van der Waals surface area contributed by atoms with Crippen LogP contribution in [0.1, 0.15) is 12.0 Å². The maximum atomic E-state index is 6.20. The van der Waals surface area contributed by atoms with Crippen molar-refractivity contribution in [3.05, 3.63) is 83.5 Å². The Labute approximate surface area is 193 Å². The first kappa shape index (κ1) is 20.5. The summed E-state index contributed by atoms with van der Waals surface area (Å²) in [7, 11) is 3.37. The molecule has 5 rings (SSSR count). The largest absolute Gasteiger partial charge is 0.496 e. The van der Waals surface area contributed by atoms with E-state index in [1.54, 1.807) is 14.2 Å². The lowest BCUT2D eigenvalue weighted by molar-refractivity contribution is 0.411. The van der Waals surface area contributed by atoms with Gasteiger partial charge in [0.1, 0.15) is 11.5 Å². The third-order valence-corrected chi connectivity index (χ3v) is 6.03. The summed E-state index contributed by atoms with van der Waals surface area (Å²) in [4.78, 5) is 9.24. The van der Waals surface area contributed by atoms with Crippen molar-refractivity contribution in [3.63, 3.8) is 0 Å². The summed E-state index contributed by atoms with van der Waals surface area (Å²) in [6.45, 7) is 1.73. The standard InChI is InChI=1S/C26H24ClN3O2/c1-31-24-7-4-3-6-21(24)18-8-11-20(12-9-18)30-17-23(29-15-5-14-28-26(29)30)22-13-10-19(27)16-25(22)32-2/h3-4,6-13,16-17H,5,14-15H2,1-2H3. The van der Waals surface area contributed by atoms with Crippen molar-refractivity contribution in [1.82, 2.24) is 4.90 Å². The lowest BCUT2D eigenvalue weighted by atomic mass is 10.0. The second-order valence-electron chi connectivity index (χ2n) is 7.66. The molecule has 0 unspecified atom stereocenters. The summed E-state index contributed by atoms with van der Waals surface area (Å²) in [6, 6.07) is 22.3. The van der Waals surface area contributed by atoms with Crippen LogP contribution in [0.25, 0.3) is 16.8 Å². The number of nitrogens with zero attached hydrogens (tertiary/aromatic N) is 3. The van der Waals surface area contributed by atoms with Crippen LogP contribution >= 0.6 is 11.6 Å². The Bertz CT molecular complexity index is 1200. The van der Waals surface area contributed by atoms with Crippen molar-refractivity contribution in [2.45, 2.75) is 6.42 Å². The second kappa shape index (κ2) is 8.60. The Morgan fingerprint density at radius 3 is 2.44 bits per heavy atom. The van der Waals surface area contributed by atoms with E-state index >= 15 is 0 Å². The van der Waals surface area contributed by atoms with Crippen LogP contribution in [0.15, 0.2) is 77.9 Å². The minimum absolute atomic E-state index is 0.653. The fourth-order valence-corrected chi connectivity index (χ4v) is 4.41. The molecule has 0 amide bonds. The number of fused-ring (bicyclic) bond motifs is 1.